The SMILES string of the molecule is CCN(CC1CCC(CC(=O)O)CC1)c1ncc(-c2ccccc2)nc1CN1C(=O)OC(c2cc(C(F)(F)F)cc(C(F)(F)F)c2)[C@@H]1C. The fraction of sp³-hybridized carbons (Fsp3) is 0.471. The number of carboxylic acid groups (broad SMARTS) is 1. The van der Waals surface area contributed by atoms with Gasteiger partial charge in [-0.3, -0.25) is 9.69 Å². The molecule has 2 atom stereocenters. The second kappa shape index (κ2) is 14.0. The molecule has 2 aliphatic rings. The minimum Gasteiger partial charge on any atom is -0.481 e. The van der Waals surface area contributed by atoms with Crippen LogP contribution < -0.4 is 4.90 Å². The molecular weight excluding hydrogens is 642 g/mol. The van der Waals surface area contributed by atoms with Crippen LogP contribution in [-0.4, -0.2) is 51.2 Å². The van der Waals surface area contributed by atoms with Crippen molar-refractivity contribution < 1.29 is 45.8 Å². The molecule has 1 aliphatic heterocycles. The van der Waals surface area contributed by atoms with Gasteiger partial charge in [0, 0.05) is 25.1 Å². The summed E-state index contributed by atoms with van der Waals surface area (Å²) < 4.78 is 87.0. The van der Waals surface area contributed by atoms with E-state index < -0.39 is 53.3 Å². The Morgan fingerprint density at radius 3 is 2.15 bits per heavy atom. The molecule has 2 heterocycles. The summed E-state index contributed by atoms with van der Waals surface area (Å²) >= 11 is 0. The number of rotatable bonds is 10. The van der Waals surface area contributed by atoms with Crippen LogP contribution in [0.4, 0.5) is 37.0 Å². The number of aromatic nitrogens is 2. The lowest BCUT2D eigenvalue weighted by atomic mass is 9.80. The highest BCUT2D eigenvalue weighted by Crippen LogP contribution is 2.41. The van der Waals surface area contributed by atoms with E-state index in [0.29, 0.717) is 42.4 Å². The lowest BCUT2D eigenvalue weighted by Gasteiger charge is -2.33. The number of hydrogen-bond acceptors (Lipinski definition) is 6. The lowest BCUT2D eigenvalue weighted by Crippen LogP contribution is -2.36. The zero-order valence-corrected chi connectivity index (χ0v) is 26.4. The number of carbonyl (C=O) groups is 2. The quantitative estimate of drug-likeness (QED) is 0.215. The molecule has 5 rings (SSSR count). The van der Waals surface area contributed by atoms with Crippen LogP contribution in [0.2, 0.25) is 0 Å². The maximum Gasteiger partial charge on any atom is 0.416 e. The van der Waals surface area contributed by atoms with Crippen LogP contribution in [0.3, 0.4) is 0 Å². The smallest absolute Gasteiger partial charge is 0.416 e. The van der Waals surface area contributed by atoms with E-state index in [4.69, 9.17) is 14.7 Å². The van der Waals surface area contributed by atoms with Gasteiger partial charge in [0.2, 0.25) is 0 Å². The monoisotopic (exact) mass is 678 g/mol. The summed E-state index contributed by atoms with van der Waals surface area (Å²) in [5.41, 5.74) is -1.73. The molecule has 0 radical (unpaired) electrons. The average molecular weight is 679 g/mol. The van der Waals surface area contributed by atoms with Gasteiger partial charge < -0.3 is 14.7 Å². The van der Waals surface area contributed by atoms with Crippen LogP contribution in [0.5, 0.6) is 0 Å². The summed E-state index contributed by atoms with van der Waals surface area (Å²) in [5, 5.41) is 9.17. The van der Waals surface area contributed by atoms with Crippen LogP contribution in [-0.2, 0) is 28.4 Å². The minimum atomic E-state index is -5.05. The number of nitrogens with zero attached hydrogens (tertiary/aromatic N) is 4. The molecule has 2 fully saturated rings. The van der Waals surface area contributed by atoms with E-state index in [-0.39, 0.29) is 30.9 Å². The molecule has 1 amide bonds. The van der Waals surface area contributed by atoms with Crippen molar-refractivity contribution in [2.75, 3.05) is 18.0 Å². The number of benzene rings is 2. The second-order valence-corrected chi connectivity index (χ2v) is 12.4. The van der Waals surface area contributed by atoms with E-state index >= 15 is 0 Å². The molecule has 0 spiro atoms. The standard InChI is InChI=1S/C34H36F6N4O4/c1-3-43(18-22-11-9-21(10-12-22)13-29(45)46)31-28(42-27(17-41-31)23-7-5-4-6-8-23)19-44-20(2)30(48-32(44)47)24-14-25(33(35,36)37)16-26(15-24)34(38,39)40/h4-8,14-17,20-22,30H,3,9-13,18-19H2,1-2H3,(H,45,46)/t20-,21?,22?,30?/m0/s1. The molecule has 1 aromatic heterocycles. The molecule has 48 heavy (non-hydrogen) atoms. The third-order valence-electron chi connectivity index (χ3n) is 9.13. The van der Waals surface area contributed by atoms with Gasteiger partial charge in [0.25, 0.3) is 0 Å². The summed E-state index contributed by atoms with van der Waals surface area (Å²) in [7, 11) is 0. The van der Waals surface area contributed by atoms with Crippen molar-refractivity contribution in [3.05, 3.63) is 77.1 Å². The van der Waals surface area contributed by atoms with Gasteiger partial charge in [0.05, 0.1) is 35.6 Å². The first-order valence-electron chi connectivity index (χ1n) is 15.8. The van der Waals surface area contributed by atoms with Crippen molar-refractivity contribution in [2.45, 2.75) is 77.0 Å². The lowest BCUT2D eigenvalue weighted by molar-refractivity contribution is -0.143. The molecule has 258 valence electrons. The summed E-state index contributed by atoms with van der Waals surface area (Å²) in [6.07, 6.45) is -7.38. The van der Waals surface area contributed by atoms with Crippen LogP contribution in [0, 0.1) is 11.8 Å². The van der Waals surface area contributed by atoms with E-state index in [0.717, 1.165) is 31.2 Å². The predicted molar refractivity (Wildman–Crippen MR) is 164 cm³/mol. The van der Waals surface area contributed by atoms with Gasteiger partial charge in [0.1, 0.15) is 11.8 Å². The Kier molecular flexibility index (Phi) is 10.2. The van der Waals surface area contributed by atoms with Gasteiger partial charge >= 0.3 is 24.4 Å². The molecule has 1 unspecified atom stereocenters. The number of hydrogen-bond donors (Lipinski definition) is 1. The number of halogens is 6. The first-order valence-corrected chi connectivity index (χ1v) is 15.8. The molecule has 0 bridgehead atoms. The van der Waals surface area contributed by atoms with Crippen molar-refractivity contribution >= 4 is 17.9 Å². The van der Waals surface area contributed by atoms with E-state index in [9.17, 15) is 41.0 Å². The summed E-state index contributed by atoms with van der Waals surface area (Å²) in [6.45, 7) is 4.43. The van der Waals surface area contributed by atoms with Crippen molar-refractivity contribution in [1.29, 1.82) is 0 Å². The molecule has 2 aromatic carbocycles. The predicted octanol–water partition coefficient (Wildman–Crippen LogP) is 8.37. The molecule has 3 aromatic rings. The zero-order valence-electron chi connectivity index (χ0n) is 26.4. The van der Waals surface area contributed by atoms with Crippen molar-refractivity contribution in [2.24, 2.45) is 11.8 Å². The van der Waals surface area contributed by atoms with Gasteiger partial charge in [-0.25, -0.2) is 14.8 Å². The van der Waals surface area contributed by atoms with E-state index in [1.165, 1.54) is 11.8 Å². The van der Waals surface area contributed by atoms with E-state index in [2.05, 4.69) is 0 Å². The van der Waals surface area contributed by atoms with Crippen LogP contribution >= 0.6 is 0 Å². The molecule has 14 heteroatoms. The maximum absolute atomic E-state index is 13.6. The first kappa shape index (κ1) is 35.0. The Bertz CT molecular complexity index is 1580. The number of carboxylic acids is 1. The van der Waals surface area contributed by atoms with Gasteiger partial charge in [-0.15, -0.1) is 0 Å². The highest BCUT2D eigenvalue weighted by atomic mass is 19.4. The largest absolute Gasteiger partial charge is 0.481 e. The highest BCUT2D eigenvalue weighted by Gasteiger charge is 2.44. The third kappa shape index (κ3) is 8.01. The van der Waals surface area contributed by atoms with Gasteiger partial charge in [-0.1, -0.05) is 30.3 Å². The Morgan fingerprint density at radius 1 is 0.979 bits per heavy atom. The van der Waals surface area contributed by atoms with Gasteiger partial charge in [-0.2, -0.15) is 26.3 Å². The number of carbonyl (C=O) groups excluding carboxylic acids is 1. The Morgan fingerprint density at radius 2 is 1.58 bits per heavy atom. The van der Waals surface area contributed by atoms with Crippen molar-refractivity contribution in [3.63, 3.8) is 0 Å². The van der Waals surface area contributed by atoms with Crippen LogP contribution in [0.15, 0.2) is 54.7 Å². The van der Waals surface area contributed by atoms with Crippen LogP contribution in [0.25, 0.3) is 11.3 Å². The average Bonchev–Trinajstić information content (AvgIpc) is 3.32. The molecule has 8 nitrogen and oxygen atoms in total. The molecule has 1 saturated heterocycles. The minimum absolute atomic E-state index is 0.0393. The normalized spacial score (nSPS) is 21.7. The number of ether oxygens (including phenoxy) is 1. The van der Waals surface area contributed by atoms with Gasteiger partial charge in [-0.05, 0) is 75.1 Å². The summed E-state index contributed by atoms with van der Waals surface area (Å²) in [6, 6.07) is 9.45. The second-order valence-electron chi connectivity index (χ2n) is 12.4. The third-order valence-corrected chi connectivity index (χ3v) is 9.13. The van der Waals surface area contributed by atoms with Crippen LogP contribution in [0.1, 0.15) is 74.4 Å². The Labute approximate surface area is 273 Å². The Hall–Kier alpha value is -4.36. The molecular formula is C34H36F6N4O4. The van der Waals surface area contributed by atoms with Crippen molar-refractivity contribution in [1.82, 2.24) is 14.9 Å². The number of amides is 1. The van der Waals surface area contributed by atoms with E-state index in [1.54, 1.807) is 6.20 Å². The summed E-state index contributed by atoms with van der Waals surface area (Å²) in [4.78, 5) is 37.3. The van der Waals surface area contributed by atoms with Gasteiger partial charge in [0.15, 0.2) is 5.82 Å². The maximum atomic E-state index is 13.6. The Balaban J connectivity index is 1.45. The zero-order chi connectivity index (χ0) is 34.8. The molecule has 1 N–H and O–H groups in total. The fourth-order valence-electron chi connectivity index (χ4n) is 6.55. The number of anilines is 1. The number of alkyl halides is 6. The van der Waals surface area contributed by atoms with E-state index in [1.807, 2.05) is 42.2 Å². The topological polar surface area (TPSA) is 95.9 Å². The molecule has 1 saturated carbocycles. The first-order chi connectivity index (χ1) is 22.6. The molecule has 1 aliphatic carbocycles. The van der Waals surface area contributed by atoms with Crippen molar-refractivity contribution in [3.8, 4) is 11.3 Å². The highest BCUT2D eigenvalue weighted by molar-refractivity contribution is 5.71. The number of aliphatic carboxylic acids is 1. The number of cyclic esters (lactones) is 1. The fourth-order valence-corrected chi connectivity index (χ4v) is 6.55. The summed E-state index contributed by atoms with van der Waals surface area (Å²) in [5.74, 6) is 0.0840.